The van der Waals surface area contributed by atoms with Crippen LogP contribution < -0.4 is 0 Å². The van der Waals surface area contributed by atoms with Crippen molar-refractivity contribution < 1.29 is 14.4 Å². The molecule has 1 aliphatic rings. The molecular weight excluding hydrogens is 358 g/mol. The average molecular weight is 389 g/mol. The van der Waals surface area contributed by atoms with Gasteiger partial charge in [0, 0.05) is 17.1 Å². The summed E-state index contributed by atoms with van der Waals surface area (Å²) < 4.78 is 0. The van der Waals surface area contributed by atoms with Gasteiger partial charge < -0.3 is 22.3 Å². The van der Waals surface area contributed by atoms with Crippen LogP contribution >= 0.6 is 0 Å². The fourth-order valence-electron chi connectivity index (χ4n) is 4.04. The highest BCUT2D eigenvalue weighted by molar-refractivity contribution is 7.77. The Labute approximate surface area is 168 Å². The van der Waals surface area contributed by atoms with Crippen LogP contribution in [0.4, 0.5) is 0 Å². The van der Waals surface area contributed by atoms with Gasteiger partial charge in [0.15, 0.2) is 0 Å². The molecule has 5 heteroatoms. The fourth-order valence-corrected chi connectivity index (χ4v) is 4.34. The number of benzene rings is 1. The second-order valence-corrected chi connectivity index (χ2v) is 8.46. The minimum absolute atomic E-state index is 0.0577. The largest absolute Gasteiger partial charge is 0.740 e. The Balaban J connectivity index is 2.36. The number of amides is 1. The predicted molar refractivity (Wildman–Crippen MR) is 109 cm³/mol. The van der Waals surface area contributed by atoms with Crippen LogP contribution in [0.2, 0.25) is 0 Å². The van der Waals surface area contributed by atoms with Crippen LogP contribution in [0.3, 0.4) is 0 Å². The van der Waals surface area contributed by atoms with E-state index in [2.05, 4.69) is 19.1 Å². The van der Waals surface area contributed by atoms with Gasteiger partial charge in [-0.2, -0.15) is 0 Å². The molecule has 0 N–H and O–H groups in total. The zero-order chi connectivity index (χ0) is 20.2. The van der Waals surface area contributed by atoms with Crippen LogP contribution in [0.15, 0.2) is 30.3 Å². The standard InChI is InChI=1S/C22H31NO3S/c1-5-16(15-11-8-7-9-12-15)17-13-10-14-23(18(17)21(26)27)20(25)19(24)22(3,4)6-2/h7-9,11-12,16-18H,5-6,10,13-14H2,1-4H3,(H,26,27)/p-1. The van der Waals surface area contributed by atoms with Crippen LogP contribution in [0.25, 0.3) is 0 Å². The number of carbonyl (C=O) groups is 3. The van der Waals surface area contributed by atoms with Gasteiger partial charge in [-0.3, -0.25) is 9.59 Å². The van der Waals surface area contributed by atoms with Gasteiger partial charge in [-0.25, -0.2) is 0 Å². The number of piperidine rings is 1. The van der Waals surface area contributed by atoms with E-state index in [1.54, 1.807) is 13.8 Å². The van der Waals surface area contributed by atoms with E-state index in [9.17, 15) is 14.4 Å². The Bertz CT molecular complexity index is 686. The Morgan fingerprint density at radius 2 is 1.81 bits per heavy atom. The van der Waals surface area contributed by atoms with Gasteiger partial charge in [0.1, 0.15) is 0 Å². The van der Waals surface area contributed by atoms with Crippen molar-refractivity contribution in [2.75, 3.05) is 6.54 Å². The van der Waals surface area contributed by atoms with Crippen LogP contribution in [0.5, 0.6) is 0 Å². The highest BCUT2D eigenvalue weighted by atomic mass is 32.1. The van der Waals surface area contributed by atoms with Crippen molar-refractivity contribution in [3.05, 3.63) is 35.9 Å². The molecule has 4 nitrogen and oxygen atoms in total. The van der Waals surface area contributed by atoms with E-state index >= 15 is 0 Å². The predicted octanol–water partition coefficient (Wildman–Crippen LogP) is 3.87. The lowest BCUT2D eigenvalue weighted by Crippen LogP contribution is -2.56. The molecule has 0 bridgehead atoms. The number of rotatable bonds is 7. The first-order chi connectivity index (χ1) is 12.7. The molecule has 0 radical (unpaired) electrons. The lowest BCUT2D eigenvalue weighted by Gasteiger charge is -2.45. The second-order valence-electron chi connectivity index (χ2n) is 8.06. The van der Waals surface area contributed by atoms with E-state index in [0.29, 0.717) is 13.0 Å². The first-order valence-electron chi connectivity index (χ1n) is 9.85. The maximum Gasteiger partial charge on any atom is 0.291 e. The Kier molecular flexibility index (Phi) is 7.15. The van der Waals surface area contributed by atoms with Gasteiger partial charge in [-0.1, -0.05) is 58.0 Å². The van der Waals surface area contributed by atoms with E-state index < -0.39 is 28.3 Å². The van der Waals surface area contributed by atoms with Gasteiger partial charge in [-0.05, 0) is 43.1 Å². The van der Waals surface area contributed by atoms with Gasteiger partial charge in [0.05, 0.1) is 6.04 Å². The van der Waals surface area contributed by atoms with Crippen molar-refractivity contribution in [1.29, 1.82) is 0 Å². The fraction of sp³-hybridized carbons (Fsp3) is 0.591. The van der Waals surface area contributed by atoms with E-state index in [1.807, 2.05) is 25.1 Å². The summed E-state index contributed by atoms with van der Waals surface area (Å²) in [5.74, 6) is -0.914. The summed E-state index contributed by atoms with van der Waals surface area (Å²) >= 11 is 5.05. The molecule has 1 aromatic rings. The van der Waals surface area contributed by atoms with Crippen molar-refractivity contribution in [1.82, 2.24) is 4.90 Å². The van der Waals surface area contributed by atoms with Crippen LogP contribution in [0.1, 0.15) is 64.9 Å². The monoisotopic (exact) mass is 388 g/mol. The molecule has 1 aromatic carbocycles. The maximum atomic E-state index is 13.0. The summed E-state index contributed by atoms with van der Waals surface area (Å²) in [6.45, 7) is 7.95. The normalized spacial score (nSPS) is 21.6. The zero-order valence-corrected chi connectivity index (χ0v) is 17.6. The summed E-state index contributed by atoms with van der Waals surface area (Å²) in [5, 5.41) is -0.440. The molecular formula is C22H30NO3S-. The summed E-state index contributed by atoms with van der Waals surface area (Å²) in [7, 11) is 0. The zero-order valence-electron chi connectivity index (χ0n) is 16.7. The van der Waals surface area contributed by atoms with Crippen LogP contribution in [-0.4, -0.2) is 34.3 Å². The molecule has 3 unspecified atom stereocenters. The molecule has 1 amide bonds. The highest BCUT2D eigenvalue weighted by Crippen LogP contribution is 2.39. The molecule has 0 saturated carbocycles. The quantitative estimate of drug-likeness (QED) is 0.526. The third kappa shape index (κ3) is 4.57. The molecule has 1 aliphatic heterocycles. The molecule has 0 aromatic heterocycles. The minimum Gasteiger partial charge on any atom is -0.740 e. The smallest absolute Gasteiger partial charge is 0.291 e. The first kappa shape index (κ1) is 21.5. The molecule has 1 heterocycles. The number of Topliss-reactive ketones (excluding diaryl/α,β-unsaturated/α-hetero) is 1. The van der Waals surface area contributed by atoms with Gasteiger partial charge in [-0.15, -0.1) is 0 Å². The number of nitrogens with zero attached hydrogens (tertiary/aromatic N) is 1. The minimum atomic E-state index is -0.733. The molecule has 0 aliphatic carbocycles. The van der Waals surface area contributed by atoms with Crippen molar-refractivity contribution >= 4 is 29.4 Å². The Hall–Kier alpha value is -1.75. The third-order valence-corrected chi connectivity index (χ3v) is 6.30. The Morgan fingerprint density at radius 1 is 1.19 bits per heavy atom. The second kappa shape index (κ2) is 8.96. The molecule has 1 saturated heterocycles. The summed E-state index contributed by atoms with van der Waals surface area (Å²) in [6.07, 6.45) is 3.03. The topological polar surface area (TPSA) is 54.5 Å². The summed E-state index contributed by atoms with van der Waals surface area (Å²) in [6, 6.07) is 9.36. The van der Waals surface area contributed by atoms with Crippen molar-refractivity contribution in [3.63, 3.8) is 0 Å². The lowest BCUT2D eigenvalue weighted by atomic mass is 9.74. The van der Waals surface area contributed by atoms with E-state index in [4.69, 9.17) is 12.6 Å². The number of hydrogen-bond donors (Lipinski definition) is 0. The van der Waals surface area contributed by atoms with Crippen molar-refractivity contribution in [3.8, 4) is 0 Å². The van der Waals surface area contributed by atoms with Gasteiger partial charge in [0.25, 0.3) is 5.91 Å². The molecule has 3 atom stereocenters. The molecule has 148 valence electrons. The summed E-state index contributed by atoms with van der Waals surface area (Å²) in [4.78, 5) is 39.6. The SMILES string of the molecule is CCC(c1ccccc1)C1CCCN(C(=O)C(=O)C(C)(C)CC)C1C(=O)[S-]. The van der Waals surface area contributed by atoms with Gasteiger partial charge in [0.2, 0.25) is 5.78 Å². The van der Waals surface area contributed by atoms with E-state index in [1.165, 1.54) is 4.90 Å². The Morgan fingerprint density at radius 3 is 2.33 bits per heavy atom. The number of carbonyl (C=O) groups excluding carboxylic acids is 3. The van der Waals surface area contributed by atoms with Crippen molar-refractivity contribution in [2.24, 2.45) is 11.3 Å². The lowest BCUT2D eigenvalue weighted by molar-refractivity contribution is -0.154. The summed E-state index contributed by atoms with van der Waals surface area (Å²) in [5.41, 5.74) is 0.420. The van der Waals surface area contributed by atoms with E-state index in [0.717, 1.165) is 24.8 Å². The molecule has 0 spiro atoms. The molecule has 27 heavy (non-hydrogen) atoms. The van der Waals surface area contributed by atoms with Crippen molar-refractivity contribution in [2.45, 2.75) is 65.3 Å². The molecule has 1 fully saturated rings. The number of likely N-dealkylation sites (tertiary alicyclic amines) is 1. The number of hydrogen-bond acceptors (Lipinski definition) is 4. The highest BCUT2D eigenvalue weighted by Gasteiger charge is 2.43. The van der Waals surface area contributed by atoms with Crippen LogP contribution in [0, 0.1) is 11.3 Å². The molecule has 2 rings (SSSR count). The van der Waals surface area contributed by atoms with Gasteiger partial charge >= 0.3 is 0 Å². The number of ketones is 1. The van der Waals surface area contributed by atoms with Crippen LogP contribution in [-0.2, 0) is 27.0 Å². The third-order valence-electron chi connectivity index (χ3n) is 6.06. The maximum absolute atomic E-state index is 13.0. The first-order valence-corrected chi connectivity index (χ1v) is 10.3. The average Bonchev–Trinajstić information content (AvgIpc) is 2.67. The van der Waals surface area contributed by atoms with E-state index in [-0.39, 0.29) is 11.8 Å².